The summed E-state index contributed by atoms with van der Waals surface area (Å²) in [5, 5.41) is 18.6. The smallest absolute Gasteiger partial charge is 0.115 e. The summed E-state index contributed by atoms with van der Waals surface area (Å²) in [5.74, 6) is 0. The van der Waals surface area contributed by atoms with Gasteiger partial charge in [-0.1, -0.05) is 18.2 Å². The predicted molar refractivity (Wildman–Crippen MR) is 58.6 cm³/mol. The Morgan fingerprint density at radius 2 is 1.93 bits per heavy atom. The van der Waals surface area contributed by atoms with Crippen LogP contribution in [-0.2, 0) is 10.5 Å². The quantitative estimate of drug-likeness (QED) is 0.595. The zero-order valence-electron chi connectivity index (χ0n) is 9.61. The summed E-state index contributed by atoms with van der Waals surface area (Å²) in [5.41, 5.74) is 1.81. The molecule has 3 nitrogen and oxygen atoms in total. The molecule has 0 bridgehead atoms. The van der Waals surface area contributed by atoms with Gasteiger partial charge in [0.15, 0.2) is 0 Å². The molecular weight excluding hydrogens is 192 g/mol. The van der Waals surface area contributed by atoms with Crippen LogP contribution in [0.1, 0.15) is 43.6 Å². The molecule has 0 aromatic heterocycles. The van der Waals surface area contributed by atoms with E-state index in [4.69, 9.17) is 5.26 Å². The van der Waals surface area contributed by atoms with Gasteiger partial charge in [-0.2, -0.15) is 0 Å². The summed E-state index contributed by atoms with van der Waals surface area (Å²) in [6, 6.07) is 5.61. The van der Waals surface area contributed by atoms with Crippen molar-refractivity contribution in [3.05, 3.63) is 34.9 Å². The van der Waals surface area contributed by atoms with Gasteiger partial charge in [0.25, 0.3) is 0 Å². The molecule has 0 fully saturated rings. The molecule has 0 spiro atoms. The first kappa shape index (κ1) is 12.2. The molecule has 15 heavy (non-hydrogen) atoms. The van der Waals surface area contributed by atoms with E-state index < -0.39 is 5.60 Å². The van der Waals surface area contributed by atoms with Crippen LogP contribution in [0.3, 0.4) is 0 Å². The molecule has 0 aliphatic rings. The highest BCUT2D eigenvalue weighted by Crippen LogP contribution is 2.29. The van der Waals surface area contributed by atoms with Crippen LogP contribution in [0.25, 0.3) is 0 Å². The van der Waals surface area contributed by atoms with Crippen LogP contribution < -0.4 is 0 Å². The Balaban J connectivity index is 3.23. The first-order valence-corrected chi connectivity index (χ1v) is 5.00. The molecule has 1 rings (SSSR count). The maximum atomic E-state index is 9.95. The molecule has 0 radical (unpaired) electrons. The van der Waals surface area contributed by atoms with Crippen LogP contribution in [0.4, 0.5) is 0 Å². The van der Waals surface area contributed by atoms with Gasteiger partial charge in [-0.25, -0.2) is 4.89 Å². The van der Waals surface area contributed by atoms with E-state index in [9.17, 15) is 5.11 Å². The summed E-state index contributed by atoms with van der Waals surface area (Å²) in [4.78, 5) is 4.30. The Morgan fingerprint density at radius 3 is 2.40 bits per heavy atom. The van der Waals surface area contributed by atoms with E-state index in [0.29, 0.717) is 0 Å². The van der Waals surface area contributed by atoms with Gasteiger partial charge in [0, 0.05) is 0 Å². The van der Waals surface area contributed by atoms with Crippen molar-refractivity contribution in [1.29, 1.82) is 0 Å². The molecule has 1 unspecified atom stereocenters. The van der Waals surface area contributed by atoms with Crippen LogP contribution in [0.2, 0.25) is 0 Å². The molecule has 3 heteroatoms. The fraction of sp³-hybridized carbons (Fsp3) is 0.500. The summed E-state index contributed by atoms with van der Waals surface area (Å²) in [7, 11) is 0. The van der Waals surface area contributed by atoms with Crippen molar-refractivity contribution >= 4 is 0 Å². The second kappa shape index (κ2) is 4.31. The van der Waals surface area contributed by atoms with E-state index in [1.165, 1.54) is 0 Å². The van der Waals surface area contributed by atoms with Gasteiger partial charge in [0.2, 0.25) is 0 Å². The van der Waals surface area contributed by atoms with Crippen molar-refractivity contribution in [3.63, 3.8) is 0 Å². The molecule has 0 heterocycles. The molecular formula is C12H18O3. The van der Waals surface area contributed by atoms with Gasteiger partial charge in [0.05, 0.1) is 5.60 Å². The zero-order chi connectivity index (χ0) is 11.6. The predicted octanol–water partition coefficient (Wildman–Crippen LogP) is 2.77. The first-order chi connectivity index (χ1) is 6.88. The van der Waals surface area contributed by atoms with Gasteiger partial charge in [-0.05, 0) is 44.4 Å². The maximum absolute atomic E-state index is 9.95. The number of aliphatic hydroxyl groups is 1. The zero-order valence-corrected chi connectivity index (χ0v) is 9.61. The van der Waals surface area contributed by atoms with Crippen LogP contribution in [0.5, 0.6) is 0 Å². The second-order valence-electron chi connectivity index (χ2n) is 4.33. The molecule has 1 aromatic carbocycles. The van der Waals surface area contributed by atoms with Crippen molar-refractivity contribution in [3.8, 4) is 0 Å². The van der Waals surface area contributed by atoms with Gasteiger partial charge >= 0.3 is 0 Å². The minimum absolute atomic E-state index is 0.382. The summed E-state index contributed by atoms with van der Waals surface area (Å²) in [6.45, 7) is 7.15. The standard InChI is InChI=1S/C12H18O3/c1-8-10(9(2)15-14)6-5-7-11(8)12(3,4)13/h5-7,9,13-14H,1-4H3. The van der Waals surface area contributed by atoms with Crippen LogP contribution in [0.15, 0.2) is 18.2 Å². The Hall–Kier alpha value is -0.900. The lowest BCUT2D eigenvalue weighted by Gasteiger charge is -2.23. The largest absolute Gasteiger partial charge is 0.386 e. The highest BCUT2D eigenvalue weighted by Gasteiger charge is 2.21. The van der Waals surface area contributed by atoms with Crippen molar-refractivity contribution < 1.29 is 15.3 Å². The first-order valence-electron chi connectivity index (χ1n) is 5.00. The maximum Gasteiger partial charge on any atom is 0.115 e. The van der Waals surface area contributed by atoms with Crippen molar-refractivity contribution in [2.75, 3.05) is 0 Å². The molecule has 84 valence electrons. The minimum atomic E-state index is -0.880. The highest BCUT2D eigenvalue weighted by atomic mass is 17.1. The topological polar surface area (TPSA) is 49.7 Å². The molecule has 1 aromatic rings. The number of hydrogen-bond donors (Lipinski definition) is 2. The van der Waals surface area contributed by atoms with Crippen molar-refractivity contribution in [2.45, 2.75) is 39.4 Å². The van der Waals surface area contributed by atoms with Crippen molar-refractivity contribution in [2.24, 2.45) is 0 Å². The molecule has 0 amide bonds. The minimum Gasteiger partial charge on any atom is -0.386 e. The monoisotopic (exact) mass is 210 g/mol. The third-order valence-electron chi connectivity index (χ3n) is 2.63. The number of hydrogen-bond acceptors (Lipinski definition) is 3. The third kappa shape index (κ3) is 2.56. The summed E-state index contributed by atoms with van der Waals surface area (Å²) in [6.07, 6.45) is -0.382. The average Bonchev–Trinajstić information content (AvgIpc) is 2.15. The highest BCUT2D eigenvalue weighted by molar-refractivity contribution is 5.38. The second-order valence-corrected chi connectivity index (χ2v) is 4.33. The molecule has 2 N–H and O–H groups in total. The third-order valence-corrected chi connectivity index (χ3v) is 2.63. The molecule has 0 aliphatic carbocycles. The summed E-state index contributed by atoms with van der Waals surface area (Å²) >= 11 is 0. The van der Waals surface area contributed by atoms with Gasteiger partial charge < -0.3 is 5.11 Å². The average molecular weight is 210 g/mol. The van der Waals surface area contributed by atoms with Crippen LogP contribution >= 0.6 is 0 Å². The lowest BCUT2D eigenvalue weighted by atomic mass is 9.89. The normalized spacial score (nSPS) is 14.0. The van der Waals surface area contributed by atoms with E-state index in [1.807, 2.05) is 25.1 Å². The lowest BCUT2D eigenvalue weighted by Crippen LogP contribution is -2.18. The number of rotatable bonds is 3. The molecule has 1 atom stereocenters. The fourth-order valence-corrected chi connectivity index (χ4v) is 1.81. The van der Waals surface area contributed by atoms with Crippen LogP contribution in [-0.4, -0.2) is 10.4 Å². The van der Waals surface area contributed by atoms with Gasteiger partial charge in [-0.15, -0.1) is 0 Å². The van der Waals surface area contributed by atoms with E-state index >= 15 is 0 Å². The van der Waals surface area contributed by atoms with Crippen LogP contribution in [0, 0.1) is 6.92 Å². The van der Waals surface area contributed by atoms with E-state index in [-0.39, 0.29) is 6.10 Å². The lowest BCUT2D eigenvalue weighted by molar-refractivity contribution is -0.277. The Bertz CT molecular complexity index is 339. The van der Waals surface area contributed by atoms with E-state index in [0.717, 1.165) is 16.7 Å². The number of benzene rings is 1. The fourth-order valence-electron chi connectivity index (χ4n) is 1.81. The van der Waals surface area contributed by atoms with E-state index in [2.05, 4.69) is 4.89 Å². The van der Waals surface area contributed by atoms with Gasteiger partial charge in [-0.3, -0.25) is 5.26 Å². The summed E-state index contributed by atoms with van der Waals surface area (Å²) < 4.78 is 0. The Kier molecular flexibility index (Phi) is 3.50. The molecule has 0 saturated heterocycles. The van der Waals surface area contributed by atoms with E-state index in [1.54, 1.807) is 20.8 Å². The van der Waals surface area contributed by atoms with Gasteiger partial charge in [0.1, 0.15) is 6.10 Å². The van der Waals surface area contributed by atoms with Crippen molar-refractivity contribution in [1.82, 2.24) is 0 Å². The molecule has 0 saturated carbocycles. The molecule has 0 aliphatic heterocycles. The Morgan fingerprint density at radius 1 is 1.33 bits per heavy atom. The Labute approximate surface area is 90.3 Å². The SMILES string of the molecule is Cc1c(C(C)OO)cccc1C(C)(C)O.